The van der Waals surface area contributed by atoms with E-state index in [1.165, 1.54) is 0 Å². The van der Waals surface area contributed by atoms with Crippen molar-refractivity contribution in [3.05, 3.63) is 0 Å². The number of nitrogens with zero attached hydrogens (tertiary/aromatic N) is 1. The fourth-order valence-electron chi connectivity index (χ4n) is 2.01. The average molecular weight is 216 g/mol. The first-order valence-electron chi connectivity index (χ1n) is 5.76. The Morgan fingerprint density at radius 1 is 1.47 bits per heavy atom. The highest BCUT2D eigenvalue weighted by molar-refractivity contribution is 4.75. The predicted octanol–water partition coefficient (Wildman–Crippen LogP) is 0.461. The molecule has 1 fully saturated rings. The van der Waals surface area contributed by atoms with Crippen LogP contribution in [0, 0.1) is 0 Å². The third-order valence-electron chi connectivity index (χ3n) is 3.03. The van der Waals surface area contributed by atoms with Gasteiger partial charge in [0.15, 0.2) is 0 Å². The van der Waals surface area contributed by atoms with Gasteiger partial charge in [-0.15, -0.1) is 0 Å². The maximum Gasteiger partial charge on any atom is 0.0480 e. The number of likely N-dealkylation sites (N-methyl/N-ethyl adjacent to an activating group) is 1. The first-order valence-corrected chi connectivity index (χ1v) is 5.76. The molecule has 1 aliphatic rings. The fourth-order valence-corrected chi connectivity index (χ4v) is 2.01. The zero-order chi connectivity index (χ0) is 11.1. The lowest BCUT2D eigenvalue weighted by molar-refractivity contribution is 0.0403. The van der Waals surface area contributed by atoms with Crippen molar-refractivity contribution < 1.29 is 9.47 Å². The van der Waals surface area contributed by atoms with E-state index in [9.17, 15) is 0 Å². The van der Waals surface area contributed by atoms with Gasteiger partial charge in [-0.25, -0.2) is 0 Å². The van der Waals surface area contributed by atoms with Gasteiger partial charge in [-0.3, -0.25) is 0 Å². The number of methoxy groups -OCH3 is 1. The van der Waals surface area contributed by atoms with Crippen molar-refractivity contribution in [3.63, 3.8) is 0 Å². The second kappa shape index (κ2) is 7.17. The standard InChI is InChI=1S/C11H24N2O2/c1-13(9-10(12)3-6-14-2)11-4-7-15-8-5-11/h10-11H,3-9,12H2,1-2H3. The van der Waals surface area contributed by atoms with E-state index in [1.807, 2.05) is 0 Å². The molecule has 15 heavy (non-hydrogen) atoms. The molecule has 0 spiro atoms. The van der Waals surface area contributed by atoms with E-state index in [2.05, 4.69) is 11.9 Å². The molecule has 0 aromatic rings. The summed E-state index contributed by atoms with van der Waals surface area (Å²) in [4.78, 5) is 2.36. The molecule has 0 bridgehead atoms. The highest BCUT2D eigenvalue weighted by atomic mass is 16.5. The molecule has 1 unspecified atom stereocenters. The summed E-state index contributed by atoms with van der Waals surface area (Å²) in [6.45, 7) is 3.49. The summed E-state index contributed by atoms with van der Waals surface area (Å²) >= 11 is 0. The lowest BCUT2D eigenvalue weighted by atomic mass is 10.1. The maximum atomic E-state index is 6.01. The predicted molar refractivity (Wildman–Crippen MR) is 60.9 cm³/mol. The van der Waals surface area contributed by atoms with Crippen LogP contribution >= 0.6 is 0 Å². The van der Waals surface area contributed by atoms with Crippen LogP contribution in [0.4, 0.5) is 0 Å². The normalized spacial score (nSPS) is 20.8. The smallest absolute Gasteiger partial charge is 0.0480 e. The molecule has 1 heterocycles. The second-order valence-electron chi connectivity index (χ2n) is 4.32. The molecule has 90 valence electrons. The third kappa shape index (κ3) is 4.93. The number of hydrogen-bond donors (Lipinski definition) is 1. The van der Waals surface area contributed by atoms with E-state index in [0.717, 1.165) is 45.6 Å². The number of ether oxygens (including phenoxy) is 2. The molecule has 0 aliphatic carbocycles. The van der Waals surface area contributed by atoms with Gasteiger partial charge in [0.2, 0.25) is 0 Å². The Bertz CT molecular complexity index is 161. The van der Waals surface area contributed by atoms with E-state index in [4.69, 9.17) is 15.2 Å². The summed E-state index contributed by atoms with van der Waals surface area (Å²) in [5.74, 6) is 0. The van der Waals surface area contributed by atoms with Gasteiger partial charge in [-0.2, -0.15) is 0 Å². The minimum Gasteiger partial charge on any atom is -0.385 e. The monoisotopic (exact) mass is 216 g/mol. The Morgan fingerprint density at radius 3 is 2.73 bits per heavy atom. The molecule has 0 aromatic carbocycles. The second-order valence-corrected chi connectivity index (χ2v) is 4.32. The van der Waals surface area contributed by atoms with Crippen molar-refractivity contribution in [2.75, 3.05) is 40.5 Å². The molecule has 4 nitrogen and oxygen atoms in total. The quantitative estimate of drug-likeness (QED) is 0.701. The van der Waals surface area contributed by atoms with Crippen molar-refractivity contribution in [2.24, 2.45) is 5.73 Å². The molecule has 0 saturated carbocycles. The van der Waals surface area contributed by atoms with Gasteiger partial charge >= 0.3 is 0 Å². The summed E-state index contributed by atoms with van der Waals surface area (Å²) in [5, 5.41) is 0. The molecule has 0 radical (unpaired) electrons. The molecule has 1 atom stereocenters. The van der Waals surface area contributed by atoms with Crippen molar-refractivity contribution in [3.8, 4) is 0 Å². The van der Waals surface area contributed by atoms with Crippen LogP contribution in [0.3, 0.4) is 0 Å². The largest absolute Gasteiger partial charge is 0.385 e. The molecule has 0 amide bonds. The molecular weight excluding hydrogens is 192 g/mol. The number of rotatable bonds is 6. The maximum absolute atomic E-state index is 6.01. The molecular formula is C11H24N2O2. The average Bonchev–Trinajstić information content (AvgIpc) is 2.27. The van der Waals surface area contributed by atoms with Gasteiger partial charge in [0.05, 0.1) is 0 Å². The molecule has 4 heteroatoms. The Balaban J connectivity index is 2.17. The van der Waals surface area contributed by atoms with E-state index < -0.39 is 0 Å². The minimum atomic E-state index is 0.220. The van der Waals surface area contributed by atoms with E-state index >= 15 is 0 Å². The van der Waals surface area contributed by atoms with Gasteiger partial charge in [-0.1, -0.05) is 0 Å². The van der Waals surface area contributed by atoms with Crippen LogP contribution in [0.5, 0.6) is 0 Å². The molecule has 1 saturated heterocycles. The summed E-state index contributed by atoms with van der Waals surface area (Å²) in [6.07, 6.45) is 3.20. The Morgan fingerprint density at radius 2 is 2.13 bits per heavy atom. The Kier molecular flexibility index (Phi) is 6.17. The van der Waals surface area contributed by atoms with Crippen LogP contribution < -0.4 is 5.73 Å². The van der Waals surface area contributed by atoms with Gasteiger partial charge in [-0.05, 0) is 26.3 Å². The van der Waals surface area contributed by atoms with Crippen LogP contribution in [0.1, 0.15) is 19.3 Å². The first-order chi connectivity index (χ1) is 7.24. The SMILES string of the molecule is COCCC(N)CN(C)C1CCOCC1. The van der Waals surface area contributed by atoms with E-state index in [1.54, 1.807) is 7.11 Å². The van der Waals surface area contributed by atoms with Gasteiger partial charge in [0.25, 0.3) is 0 Å². The zero-order valence-corrected chi connectivity index (χ0v) is 9.95. The van der Waals surface area contributed by atoms with E-state index in [-0.39, 0.29) is 6.04 Å². The molecule has 2 N–H and O–H groups in total. The van der Waals surface area contributed by atoms with Crippen molar-refractivity contribution in [1.82, 2.24) is 4.90 Å². The van der Waals surface area contributed by atoms with Crippen molar-refractivity contribution in [1.29, 1.82) is 0 Å². The zero-order valence-electron chi connectivity index (χ0n) is 9.95. The molecule has 0 aromatic heterocycles. The summed E-state index contributed by atoms with van der Waals surface area (Å²) in [7, 11) is 3.87. The van der Waals surface area contributed by atoms with Gasteiger partial charge in [0, 0.05) is 45.6 Å². The van der Waals surface area contributed by atoms with Crippen LogP contribution in [0.15, 0.2) is 0 Å². The van der Waals surface area contributed by atoms with Crippen LogP contribution in [0.2, 0.25) is 0 Å². The summed E-state index contributed by atoms with van der Waals surface area (Å²) < 4.78 is 10.4. The third-order valence-corrected chi connectivity index (χ3v) is 3.03. The lowest BCUT2D eigenvalue weighted by Gasteiger charge is -2.32. The first kappa shape index (κ1) is 12.9. The topological polar surface area (TPSA) is 47.7 Å². The fraction of sp³-hybridized carbons (Fsp3) is 1.00. The van der Waals surface area contributed by atoms with Crippen LogP contribution in [0.25, 0.3) is 0 Å². The summed E-state index contributed by atoms with van der Waals surface area (Å²) in [6, 6.07) is 0.866. The highest BCUT2D eigenvalue weighted by Crippen LogP contribution is 2.12. The summed E-state index contributed by atoms with van der Waals surface area (Å²) in [5.41, 5.74) is 6.01. The molecule has 1 rings (SSSR count). The van der Waals surface area contributed by atoms with Gasteiger partial charge < -0.3 is 20.1 Å². The Hall–Kier alpha value is -0.160. The van der Waals surface area contributed by atoms with Crippen molar-refractivity contribution >= 4 is 0 Å². The number of nitrogens with two attached hydrogens (primary N) is 1. The highest BCUT2D eigenvalue weighted by Gasteiger charge is 2.19. The lowest BCUT2D eigenvalue weighted by Crippen LogP contribution is -2.43. The van der Waals surface area contributed by atoms with E-state index in [0.29, 0.717) is 6.04 Å². The van der Waals surface area contributed by atoms with Gasteiger partial charge in [0.1, 0.15) is 0 Å². The van der Waals surface area contributed by atoms with Crippen LogP contribution in [-0.2, 0) is 9.47 Å². The van der Waals surface area contributed by atoms with Crippen molar-refractivity contribution in [2.45, 2.75) is 31.3 Å². The van der Waals surface area contributed by atoms with Crippen LogP contribution in [-0.4, -0.2) is 57.5 Å². The Labute approximate surface area is 92.7 Å². The number of hydrogen-bond acceptors (Lipinski definition) is 4. The molecule has 1 aliphatic heterocycles. The minimum absolute atomic E-state index is 0.220.